The van der Waals surface area contributed by atoms with Gasteiger partial charge < -0.3 is 5.11 Å². The minimum Gasteiger partial charge on any atom is -0.478 e. The number of amidine groups is 1. The standard InChI is InChI=1S/C11H10ClN3O2S/c1-6-8(12)4-3-7(10(16)17)9(6)15-11(18-2)14-5-13/h3-4H,1-2H3,(H,14,15)(H,16,17). The molecule has 0 saturated heterocycles. The predicted molar refractivity (Wildman–Crippen MR) is 72.5 cm³/mol. The van der Waals surface area contributed by atoms with Gasteiger partial charge in [-0.05, 0) is 30.9 Å². The maximum absolute atomic E-state index is 11.1. The van der Waals surface area contributed by atoms with E-state index in [0.717, 1.165) is 0 Å². The van der Waals surface area contributed by atoms with Crippen LogP contribution in [0.15, 0.2) is 17.1 Å². The number of benzene rings is 1. The number of hydrogen-bond donors (Lipinski definition) is 2. The molecule has 0 aliphatic carbocycles. The zero-order valence-corrected chi connectivity index (χ0v) is 11.3. The number of halogens is 1. The molecule has 1 aromatic rings. The summed E-state index contributed by atoms with van der Waals surface area (Å²) in [5, 5.41) is 20.8. The molecule has 0 spiro atoms. The van der Waals surface area contributed by atoms with E-state index in [2.05, 4.69) is 10.3 Å². The zero-order valence-electron chi connectivity index (χ0n) is 9.69. The quantitative estimate of drug-likeness (QED) is 0.377. The van der Waals surface area contributed by atoms with Crippen LogP contribution in [0.25, 0.3) is 0 Å². The molecule has 18 heavy (non-hydrogen) atoms. The highest BCUT2D eigenvalue weighted by atomic mass is 35.5. The molecule has 0 bridgehead atoms. The fourth-order valence-corrected chi connectivity index (χ4v) is 1.75. The average Bonchev–Trinajstić information content (AvgIpc) is 2.33. The zero-order chi connectivity index (χ0) is 13.7. The van der Waals surface area contributed by atoms with Crippen molar-refractivity contribution in [2.24, 2.45) is 4.99 Å². The van der Waals surface area contributed by atoms with Gasteiger partial charge in [0.05, 0.1) is 11.3 Å². The lowest BCUT2D eigenvalue weighted by Gasteiger charge is -2.08. The molecular weight excluding hydrogens is 274 g/mol. The van der Waals surface area contributed by atoms with Crippen molar-refractivity contribution in [1.29, 1.82) is 5.26 Å². The second kappa shape index (κ2) is 6.28. The largest absolute Gasteiger partial charge is 0.478 e. The Morgan fingerprint density at radius 2 is 2.28 bits per heavy atom. The number of aromatic carboxylic acids is 1. The van der Waals surface area contributed by atoms with Gasteiger partial charge in [0.25, 0.3) is 0 Å². The van der Waals surface area contributed by atoms with Gasteiger partial charge in [0, 0.05) is 5.02 Å². The van der Waals surface area contributed by atoms with Crippen LogP contribution in [0, 0.1) is 18.4 Å². The summed E-state index contributed by atoms with van der Waals surface area (Å²) in [6.45, 7) is 1.68. The molecule has 0 atom stereocenters. The molecule has 7 heteroatoms. The summed E-state index contributed by atoms with van der Waals surface area (Å²) in [5.41, 5.74) is 0.855. The maximum atomic E-state index is 11.1. The number of nitriles is 1. The van der Waals surface area contributed by atoms with Gasteiger partial charge in [-0.2, -0.15) is 5.26 Å². The maximum Gasteiger partial charge on any atom is 0.337 e. The Bertz CT molecular complexity index is 552. The first kappa shape index (κ1) is 14.4. The van der Waals surface area contributed by atoms with E-state index in [4.69, 9.17) is 22.0 Å². The molecule has 94 valence electrons. The van der Waals surface area contributed by atoms with Crippen LogP contribution >= 0.6 is 23.4 Å². The van der Waals surface area contributed by atoms with Crippen molar-refractivity contribution in [2.75, 3.05) is 6.26 Å². The van der Waals surface area contributed by atoms with E-state index in [1.165, 1.54) is 23.9 Å². The fourth-order valence-electron chi connectivity index (χ4n) is 1.27. The van der Waals surface area contributed by atoms with E-state index in [0.29, 0.717) is 15.8 Å². The Labute approximate surface area is 113 Å². The van der Waals surface area contributed by atoms with Crippen LogP contribution in [-0.4, -0.2) is 22.5 Å². The van der Waals surface area contributed by atoms with Crippen LogP contribution < -0.4 is 5.32 Å². The SMILES string of the molecule is CSC(=Nc1c(C(=O)O)ccc(Cl)c1C)NC#N. The van der Waals surface area contributed by atoms with Crippen molar-refractivity contribution in [3.8, 4) is 6.19 Å². The highest BCUT2D eigenvalue weighted by Gasteiger charge is 2.14. The van der Waals surface area contributed by atoms with Crippen LogP contribution in [-0.2, 0) is 0 Å². The monoisotopic (exact) mass is 283 g/mol. The molecule has 0 aliphatic heterocycles. The number of thioether (sulfide) groups is 1. The first-order valence-electron chi connectivity index (χ1n) is 4.81. The molecular formula is C11H10ClN3O2S. The van der Waals surface area contributed by atoms with Crippen molar-refractivity contribution in [1.82, 2.24) is 5.32 Å². The lowest BCUT2D eigenvalue weighted by atomic mass is 10.1. The van der Waals surface area contributed by atoms with E-state index in [1.807, 2.05) is 0 Å². The third-order valence-electron chi connectivity index (χ3n) is 2.16. The van der Waals surface area contributed by atoms with E-state index in [-0.39, 0.29) is 11.3 Å². The molecule has 0 unspecified atom stereocenters. The van der Waals surface area contributed by atoms with Crippen LogP contribution in [0.1, 0.15) is 15.9 Å². The summed E-state index contributed by atoms with van der Waals surface area (Å²) >= 11 is 7.14. The first-order chi connectivity index (χ1) is 8.51. The molecule has 0 saturated carbocycles. The van der Waals surface area contributed by atoms with Crippen molar-refractivity contribution in [3.63, 3.8) is 0 Å². The molecule has 5 nitrogen and oxygen atoms in total. The highest BCUT2D eigenvalue weighted by Crippen LogP contribution is 2.30. The van der Waals surface area contributed by atoms with Crippen LogP contribution in [0.5, 0.6) is 0 Å². The number of aliphatic imine (C=N–C) groups is 1. The predicted octanol–water partition coefficient (Wildman–Crippen LogP) is 2.77. The third-order valence-corrected chi connectivity index (χ3v) is 3.15. The summed E-state index contributed by atoms with van der Waals surface area (Å²) in [6.07, 6.45) is 3.47. The summed E-state index contributed by atoms with van der Waals surface area (Å²) < 4.78 is 0. The lowest BCUT2D eigenvalue weighted by molar-refractivity contribution is 0.0698. The van der Waals surface area contributed by atoms with Gasteiger partial charge in [-0.15, -0.1) is 0 Å². The summed E-state index contributed by atoms with van der Waals surface area (Å²) in [5.74, 6) is -1.09. The van der Waals surface area contributed by atoms with Crippen molar-refractivity contribution >= 4 is 40.2 Å². The Kier molecular flexibility index (Phi) is 5.01. The number of nitrogens with zero attached hydrogens (tertiary/aromatic N) is 2. The van der Waals surface area contributed by atoms with Crippen LogP contribution in [0.3, 0.4) is 0 Å². The topological polar surface area (TPSA) is 85.5 Å². The van der Waals surface area contributed by atoms with Crippen molar-refractivity contribution < 1.29 is 9.90 Å². The molecule has 0 radical (unpaired) electrons. The Hall–Kier alpha value is -1.71. The Balaban J connectivity index is 3.42. The minimum absolute atomic E-state index is 0.0446. The molecule has 0 fully saturated rings. The van der Waals surface area contributed by atoms with Crippen LogP contribution in [0.4, 0.5) is 5.69 Å². The second-order valence-corrected chi connectivity index (χ2v) is 4.43. The molecule has 0 heterocycles. The van der Waals surface area contributed by atoms with Gasteiger partial charge >= 0.3 is 5.97 Å². The number of carbonyl (C=O) groups is 1. The Morgan fingerprint density at radius 1 is 1.61 bits per heavy atom. The Morgan fingerprint density at radius 3 is 2.78 bits per heavy atom. The average molecular weight is 284 g/mol. The second-order valence-electron chi connectivity index (χ2n) is 3.23. The number of nitrogens with one attached hydrogen (secondary N) is 1. The molecule has 1 aromatic carbocycles. The normalized spacial score (nSPS) is 10.9. The summed E-state index contributed by atoms with van der Waals surface area (Å²) in [4.78, 5) is 15.2. The van der Waals surface area contributed by atoms with Crippen molar-refractivity contribution in [3.05, 3.63) is 28.3 Å². The number of hydrogen-bond acceptors (Lipinski definition) is 4. The summed E-state index contributed by atoms with van der Waals surface area (Å²) in [7, 11) is 0. The van der Waals surface area contributed by atoms with Gasteiger partial charge in [0.15, 0.2) is 11.4 Å². The van der Waals surface area contributed by atoms with E-state index >= 15 is 0 Å². The molecule has 0 aliphatic rings. The molecule has 2 N–H and O–H groups in total. The number of carboxylic acids is 1. The lowest BCUT2D eigenvalue weighted by Crippen LogP contribution is -2.13. The van der Waals surface area contributed by atoms with E-state index in [1.54, 1.807) is 19.4 Å². The molecule has 0 amide bonds. The van der Waals surface area contributed by atoms with E-state index < -0.39 is 5.97 Å². The van der Waals surface area contributed by atoms with Crippen molar-refractivity contribution in [2.45, 2.75) is 6.92 Å². The van der Waals surface area contributed by atoms with Crippen LogP contribution in [0.2, 0.25) is 5.02 Å². The van der Waals surface area contributed by atoms with E-state index in [9.17, 15) is 4.79 Å². The smallest absolute Gasteiger partial charge is 0.337 e. The van der Waals surface area contributed by atoms with Gasteiger partial charge in [-0.1, -0.05) is 23.4 Å². The number of carboxylic acid groups (broad SMARTS) is 1. The van der Waals surface area contributed by atoms with Gasteiger partial charge in [0.2, 0.25) is 0 Å². The van der Waals surface area contributed by atoms with Gasteiger partial charge in [0.1, 0.15) is 0 Å². The molecule has 1 rings (SSSR count). The molecule has 0 aromatic heterocycles. The number of rotatable bonds is 2. The minimum atomic E-state index is -1.09. The first-order valence-corrected chi connectivity index (χ1v) is 6.41. The fraction of sp³-hybridized carbons (Fsp3) is 0.182. The van der Waals surface area contributed by atoms with Gasteiger partial charge in [-0.25, -0.2) is 9.79 Å². The van der Waals surface area contributed by atoms with Gasteiger partial charge in [-0.3, -0.25) is 5.32 Å². The third kappa shape index (κ3) is 3.15. The highest BCUT2D eigenvalue weighted by molar-refractivity contribution is 8.13. The summed E-state index contributed by atoms with van der Waals surface area (Å²) in [6, 6.07) is 2.90.